The standard InChI is InChI=1S/C15H16Cl2N2/c1-10-8-18-7-6-12(10)9-19-11(2)13-4-3-5-14(16)15(13)17/h3-8,11,19H,9H2,1-2H3. The van der Waals surface area contributed by atoms with E-state index in [9.17, 15) is 0 Å². The molecule has 100 valence electrons. The highest BCUT2D eigenvalue weighted by atomic mass is 35.5. The van der Waals surface area contributed by atoms with Gasteiger partial charge in [0.1, 0.15) is 0 Å². The maximum Gasteiger partial charge on any atom is 0.0639 e. The molecular formula is C15H16Cl2N2. The van der Waals surface area contributed by atoms with E-state index in [0.29, 0.717) is 10.0 Å². The molecule has 0 spiro atoms. The third-order valence-corrected chi connectivity index (χ3v) is 4.02. The number of nitrogens with one attached hydrogen (secondary N) is 1. The van der Waals surface area contributed by atoms with Crippen LogP contribution in [0.5, 0.6) is 0 Å². The maximum absolute atomic E-state index is 6.22. The summed E-state index contributed by atoms with van der Waals surface area (Å²) in [5, 5.41) is 4.66. The Morgan fingerprint density at radius 2 is 2.05 bits per heavy atom. The molecule has 19 heavy (non-hydrogen) atoms. The molecule has 0 saturated heterocycles. The van der Waals surface area contributed by atoms with Gasteiger partial charge >= 0.3 is 0 Å². The van der Waals surface area contributed by atoms with Crippen molar-refractivity contribution in [2.45, 2.75) is 26.4 Å². The van der Waals surface area contributed by atoms with E-state index in [0.717, 1.165) is 12.1 Å². The van der Waals surface area contributed by atoms with Gasteiger partial charge in [-0.2, -0.15) is 0 Å². The van der Waals surface area contributed by atoms with Crippen molar-refractivity contribution in [3.05, 3.63) is 63.4 Å². The van der Waals surface area contributed by atoms with Crippen LogP contribution in [0.1, 0.15) is 29.7 Å². The summed E-state index contributed by atoms with van der Waals surface area (Å²) < 4.78 is 0. The molecule has 1 N–H and O–H groups in total. The van der Waals surface area contributed by atoms with Crippen molar-refractivity contribution in [1.82, 2.24) is 10.3 Å². The molecule has 0 amide bonds. The zero-order valence-electron chi connectivity index (χ0n) is 11.0. The Labute approximate surface area is 123 Å². The highest BCUT2D eigenvalue weighted by Crippen LogP contribution is 2.29. The van der Waals surface area contributed by atoms with Crippen molar-refractivity contribution >= 4 is 23.2 Å². The smallest absolute Gasteiger partial charge is 0.0639 e. The van der Waals surface area contributed by atoms with Gasteiger partial charge in [0.2, 0.25) is 0 Å². The van der Waals surface area contributed by atoms with E-state index in [1.54, 1.807) is 12.3 Å². The molecule has 0 aliphatic heterocycles. The minimum Gasteiger partial charge on any atom is -0.306 e. The van der Waals surface area contributed by atoms with Crippen LogP contribution in [0.2, 0.25) is 10.0 Å². The second-order valence-electron chi connectivity index (χ2n) is 4.55. The molecule has 0 saturated carbocycles. The Morgan fingerprint density at radius 1 is 1.26 bits per heavy atom. The molecule has 1 aromatic heterocycles. The minimum absolute atomic E-state index is 0.138. The average Bonchev–Trinajstić information content (AvgIpc) is 2.40. The Balaban J connectivity index is 2.08. The summed E-state index contributed by atoms with van der Waals surface area (Å²) in [5.41, 5.74) is 3.43. The van der Waals surface area contributed by atoms with Gasteiger partial charge in [0.25, 0.3) is 0 Å². The minimum atomic E-state index is 0.138. The van der Waals surface area contributed by atoms with Crippen LogP contribution >= 0.6 is 23.2 Å². The van der Waals surface area contributed by atoms with Crippen LogP contribution in [0, 0.1) is 6.92 Å². The van der Waals surface area contributed by atoms with Crippen molar-refractivity contribution in [3.63, 3.8) is 0 Å². The summed E-state index contributed by atoms with van der Waals surface area (Å²) in [6.07, 6.45) is 3.68. The number of rotatable bonds is 4. The van der Waals surface area contributed by atoms with Gasteiger partial charge in [0, 0.05) is 25.0 Å². The van der Waals surface area contributed by atoms with Gasteiger partial charge in [0.05, 0.1) is 10.0 Å². The fraction of sp³-hybridized carbons (Fsp3) is 0.267. The SMILES string of the molecule is Cc1cnccc1CNC(C)c1cccc(Cl)c1Cl. The van der Waals surface area contributed by atoms with Crippen LogP contribution in [0.25, 0.3) is 0 Å². The molecule has 1 aromatic carbocycles. The maximum atomic E-state index is 6.22. The Bertz CT molecular complexity index is 570. The number of aryl methyl sites for hydroxylation is 1. The van der Waals surface area contributed by atoms with Gasteiger partial charge in [0.15, 0.2) is 0 Å². The number of nitrogens with zero attached hydrogens (tertiary/aromatic N) is 1. The number of pyridine rings is 1. The van der Waals surface area contributed by atoms with E-state index >= 15 is 0 Å². The zero-order chi connectivity index (χ0) is 13.8. The molecule has 1 heterocycles. The van der Waals surface area contributed by atoms with Crippen molar-refractivity contribution < 1.29 is 0 Å². The first-order valence-corrected chi connectivity index (χ1v) is 6.92. The Hall–Kier alpha value is -1.09. The van der Waals surface area contributed by atoms with Crippen molar-refractivity contribution in [2.24, 2.45) is 0 Å². The van der Waals surface area contributed by atoms with Crippen LogP contribution in [-0.4, -0.2) is 4.98 Å². The predicted octanol–water partition coefficient (Wildman–Crippen LogP) is 4.55. The summed E-state index contributed by atoms with van der Waals surface area (Å²) in [7, 11) is 0. The molecule has 0 fully saturated rings. The molecule has 0 bridgehead atoms. The third-order valence-electron chi connectivity index (χ3n) is 3.18. The number of aromatic nitrogens is 1. The van der Waals surface area contributed by atoms with E-state index in [4.69, 9.17) is 23.2 Å². The molecule has 1 unspecified atom stereocenters. The molecule has 1 atom stereocenters. The number of hydrogen-bond donors (Lipinski definition) is 1. The number of benzene rings is 1. The quantitative estimate of drug-likeness (QED) is 0.895. The Kier molecular flexibility index (Phi) is 4.81. The fourth-order valence-electron chi connectivity index (χ4n) is 1.93. The lowest BCUT2D eigenvalue weighted by molar-refractivity contribution is 0.573. The lowest BCUT2D eigenvalue weighted by atomic mass is 10.1. The first-order chi connectivity index (χ1) is 9.09. The summed E-state index contributed by atoms with van der Waals surface area (Å²) >= 11 is 12.3. The molecule has 0 aliphatic rings. The van der Waals surface area contributed by atoms with E-state index < -0.39 is 0 Å². The summed E-state index contributed by atoms with van der Waals surface area (Å²) in [4.78, 5) is 4.09. The fourth-order valence-corrected chi connectivity index (χ4v) is 2.40. The third kappa shape index (κ3) is 3.47. The lowest BCUT2D eigenvalue weighted by Crippen LogP contribution is -2.19. The summed E-state index contributed by atoms with van der Waals surface area (Å²) in [5.74, 6) is 0. The largest absolute Gasteiger partial charge is 0.306 e. The van der Waals surface area contributed by atoms with Crippen LogP contribution in [0.4, 0.5) is 0 Å². The normalized spacial score (nSPS) is 12.4. The molecule has 2 aromatic rings. The van der Waals surface area contributed by atoms with Gasteiger partial charge in [-0.15, -0.1) is 0 Å². The highest BCUT2D eigenvalue weighted by Gasteiger charge is 2.11. The van der Waals surface area contributed by atoms with E-state index in [-0.39, 0.29) is 6.04 Å². The van der Waals surface area contributed by atoms with Crippen LogP contribution in [0.15, 0.2) is 36.7 Å². The van der Waals surface area contributed by atoms with Gasteiger partial charge < -0.3 is 5.32 Å². The topological polar surface area (TPSA) is 24.9 Å². The van der Waals surface area contributed by atoms with Gasteiger partial charge in [-0.25, -0.2) is 0 Å². The second kappa shape index (κ2) is 6.38. The molecule has 2 rings (SSSR count). The monoisotopic (exact) mass is 294 g/mol. The molecular weight excluding hydrogens is 279 g/mol. The van der Waals surface area contributed by atoms with Crippen LogP contribution < -0.4 is 5.32 Å². The first-order valence-electron chi connectivity index (χ1n) is 6.16. The van der Waals surface area contributed by atoms with Crippen LogP contribution in [0.3, 0.4) is 0 Å². The van der Waals surface area contributed by atoms with Gasteiger partial charge in [-0.3, -0.25) is 4.98 Å². The van der Waals surface area contributed by atoms with E-state index in [1.807, 2.05) is 24.4 Å². The van der Waals surface area contributed by atoms with Crippen LogP contribution in [-0.2, 0) is 6.54 Å². The van der Waals surface area contributed by atoms with Gasteiger partial charge in [-0.05, 0) is 42.7 Å². The predicted molar refractivity (Wildman–Crippen MR) is 80.7 cm³/mol. The average molecular weight is 295 g/mol. The lowest BCUT2D eigenvalue weighted by Gasteiger charge is -2.17. The van der Waals surface area contributed by atoms with Crippen molar-refractivity contribution in [1.29, 1.82) is 0 Å². The molecule has 0 radical (unpaired) electrons. The Morgan fingerprint density at radius 3 is 2.79 bits per heavy atom. The molecule has 0 aliphatic carbocycles. The molecule has 4 heteroatoms. The van der Waals surface area contributed by atoms with Gasteiger partial charge in [-0.1, -0.05) is 35.3 Å². The summed E-state index contributed by atoms with van der Waals surface area (Å²) in [6, 6.07) is 7.87. The second-order valence-corrected chi connectivity index (χ2v) is 5.33. The number of halogens is 2. The zero-order valence-corrected chi connectivity index (χ0v) is 12.5. The van der Waals surface area contributed by atoms with Crippen molar-refractivity contribution in [3.8, 4) is 0 Å². The van der Waals surface area contributed by atoms with E-state index in [1.165, 1.54) is 11.1 Å². The van der Waals surface area contributed by atoms with E-state index in [2.05, 4.69) is 24.1 Å². The molecule has 2 nitrogen and oxygen atoms in total. The number of hydrogen-bond acceptors (Lipinski definition) is 2. The summed E-state index contributed by atoms with van der Waals surface area (Å²) in [6.45, 7) is 4.91. The highest BCUT2D eigenvalue weighted by molar-refractivity contribution is 6.42. The first kappa shape index (κ1) is 14.3. The van der Waals surface area contributed by atoms with Crippen molar-refractivity contribution in [2.75, 3.05) is 0 Å².